The van der Waals surface area contributed by atoms with E-state index in [0.717, 1.165) is 24.0 Å². The maximum Gasteiger partial charge on any atom is 0.222 e. The van der Waals surface area contributed by atoms with E-state index in [1.807, 2.05) is 23.0 Å². The first-order valence-electron chi connectivity index (χ1n) is 10.4. The van der Waals surface area contributed by atoms with Crippen LogP contribution in [0.15, 0.2) is 48.9 Å². The number of pyridine rings is 1. The zero-order chi connectivity index (χ0) is 20.2. The normalized spacial score (nSPS) is 14.3. The summed E-state index contributed by atoms with van der Waals surface area (Å²) in [6, 6.07) is 10.1. The fourth-order valence-corrected chi connectivity index (χ4v) is 4.16. The number of hydrogen-bond donors (Lipinski definition) is 1. The molecule has 5 nitrogen and oxygen atoms in total. The van der Waals surface area contributed by atoms with Crippen molar-refractivity contribution < 1.29 is 4.79 Å². The molecule has 0 unspecified atom stereocenters. The lowest BCUT2D eigenvalue weighted by Gasteiger charge is -2.22. The standard InChI is InChI=1S/C24H28N4O/c1-17-7-8-18(2)21(15-17)24(19-9-12-25-13-10-19)27-23(29)11-14-28-22-6-4-3-5-20(22)16-26-28/h7-10,12-13,15-16,24H,3-6,11,14H2,1-2H3,(H,27,29)/t24-/m1/s1. The quantitative estimate of drug-likeness (QED) is 0.692. The third kappa shape index (κ3) is 4.39. The Labute approximate surface area is 172 Å². The lowest BCUT2D eigenvalue weighted by molar-refractivity contribution is -0.121. The number of aryl methyl sites for hydroxylation is 4. The summed E-state index contributed by atoms with van der Waals surface area (Å²) >= 11 is 0. The summed E-state index contributed by atoms with van der Waals surface area (Å²) in [5.41, 5.74) is 7.17. The van der Waals surface area contributed by atoms with E-state index >= 15 is 0 Å². The van der Waals surface area contributed by atoms with Crippen LogP contribution in [0.3, 0.4) is 0 Å². The maximum atomic E-state index is 12.9. The summed E-state index contributed by atoms with van der Waals surface area (Å²) in [7, 11) is 0. The smallest absolute Gasteiger partial charge is 0.222 e. The van der Waals surface area contributed by atoms with Crippen LogP contribution in [0.1, 0.15) is 58.8 Å². The Kier molecular flexibility index (Phi) is 5.74. The van der Waals surface area contributed by atoms with Crippen LogP contribution in [-0.2, 0) is 24.2 Å². The zero-order valence-corrected chi connectivity index (χ0v) is 17.2. The van der Waals surface area contributed by atoms with Gasteiger partial charge in [-0.05, 0) is 73.9 Å². The van der Waals surface area contributed by atoms with Gasteiger partial charge in [0.2, 0.25) is 5.91 Å². The van der Waals surface area contributed by atoms with Crippen molar-refractivity contribution in [3.63, 3.8) is 0 Å². The highest BCUT2D eigenvalue weighted by molar-refractivity contribution is 5.77. The van der Waals surface area contributed by atoms with E-state index in [1.54, 1.807) is 12.4 Å². The molecule has 0 saturated carbocycles. The van der Waals surface area contributed by atoms with Crippen LogP contribution in [0.2, 0.25) is 0 Å². The second-order valence-electron chi connectivity index (χ2n) is 7.94. The third-order valence-electron chi connectivity index (χ3n) is 5.79. The lowest BCUT2D eigenvalue weighted by Crippen LogP contribution is -2.30. The van der Waals surface area contributed by atoms with Crippen LogP contribution in [0.25, 0.3) is 0 Å². The Bertz CT molecular complexity index is 993. The molecular weight excluding hydrogens is 360 g/mol. The first kappa shape index (κ1) is 19.4. The molecule has 1 aromatic carbocycles. The molecule has 0 saturated heterocycles. The maximum absolute atomic E-state index is 12.9. The summed E-state index contributed by atoms with van der Waals surface area (Å²) in [4.78, 5) is 17.0. The van der Waals surface area contributed by atoms with Crippen molar-refractivity contribution in [2.24, 2.45) is 0 Å². The fourth-order valence-electron chi connectivity index (χ4n) is 4.16. The van der Waals surface area contributed by atoms with Crippen molar-refractivity contribution in [2.45, 2.75) is 58.5 Å². The average Bonchev–Trinajstić information content (AvgIpc) is 3.16. The summed E-state index contributed by atoms with van der Waals surface area (Å²) in [5.74, 6) is 0.0350. The highest BCUT2D eigenvalue weighted by Crippen LogP contribution is 2.26. The van der Waals surface area contributed by atoms with Gasteiger partial charge in [0, 0.05) is 31.1 Å². The molecule has 5 heteroatoms. The van der Waals surface area contributed by atoms with Crippen molar-refractivity contribution in [2.75, 3.05) is 0 Å². The number of rotatable bonds is 6. The lowest BCUT2D eigenvalue weighted by atomic mass is 9.94. The summed E-state index contributed by atoms with van der Waals surface area (Å²) in [6.07, 6.45) is 10.6. The van der Waals surface area contributed by atoms with Gasteiger partial charge in [-0.1, -0.05) is 23.8 Å². The Morgan fingerprint density at radius 3 is 2.76 bits per heavy atom. The number of benzene rings is 1. The number of carbonyl (C=O) groups is 1. The Morgan fingerprint density at radius 1 is 1.14 bits per heavy atom. The van der Waals surface area contributed by atoms with E-state index in [9.17, 15) is 4.79 Å². The van der Waals surface area contributed by atoms with Crippen molar-refractivity contribution in [3.8, 4) is 0 Å². The number of nitrogens with one attached hydrogen (secondary N) is 1. The zero-order valence-electron chi connectivity index (χ0n) is 17.2. The predicted molar refractivity (Wildman–Crippen MR) is 114 cm³/mol. The molecule has 0 radical (unpaired) electrons. The number of amides is 1. The van der Waals surface area contributed by atoms with E-state index < -0.39 is 0 Å². The van der Waals surface area contributed by atoms with Gasteiger partial charge in [0.05, 0.1) is 12.2 Å². The number of hydrogen-bond acceptors (Lipinski definition) is 3. The topological polar surface area (TPSA) is 59.8 Å². The van der Waals surface area contributed by atoms with Gasteiger partial charge in [0.15, 0.2) is 0 Å². The Morgan fingerprint density at radius 2 is 1.93 bits per heavy atom. The minimum absolute atomic E-state index is 0.0350. The van der Waals surface area contributed by atoms with Crippen LogP contribution in [-0.4, -0.2) is 20.7 Å². The number of aromatic nitrogens is 3. The molecule has 1 amide bonds. The van der Waals surface area contributed by atoms with E-state index in [-0.39, 0.29) is 11.9 Å². The average molecular weight is 389 g/mol. The molecule has 0 spiro atoms. The van der Waals surface area contributed by atoms with Crippen molar-refractivity contribution in [3.05, 3.63) is 82.4 Å². The molecule has 1 aliphatic rings. The van der Waals surface area contributed by atoms with Crippen LogP contribution >= 0.6 is 0 Å². The molecule has 0 fully saturated rings. The molecule has 4 rings (SSSR count). The molecule has 0 bridgehead atoms. The summed E-state index contributed by atoms with van der Waals surface area (Å²) in [6.45, 7) is 4.79. The van der Waals surface area contributed by atoms with Crippen molar-refractivity contribution >= 4 is 5.91 Å². The minimum Gasteiger partial charge on any atom is -0.345 e. The second kappa shape index (κ2) is 8.60. The largest absolute Gasteiger partial charge is 0.345 e. The van der Waals surface area contributed by atoms with Crippen LogP contribution in [0.4, 0.5) is 0 Å². The van der Waals surface area contributed by atoms with Crippen molar-refractivity contribution in [1.29, 1.82) is 0 Å². The van der Waals surface area contributed by atoms with Gasteiger partial charge >= 0.3 is 0 Å². The predicted octanol–water partition coefficient (Wildman–Crippen LogP) is 4.07. The van der Waals surface area contributed by atoms with Gasteiger partial charge in [-0.25, -0.2) is 0 Å². The number of nitrogens with zero attached hydrogens (tertiary/aromatic N) is 3. The Balaban J connectivity index is 1.51. The van der Waals surface area contributed by atoms with E-state index in [0.29, 0.717) is 13.0 Å². The molecule has 150 valence electrons. The molecule has 1 N–H and O–H groups in total. The molecule has 1 atom stereocenters. The molecule has 2 aromatic heterocycles. The van der Waals surface area contributed by atoms with Crippen LogP contribution in [0, 0.1) is 13.8 Å². The highest BCUT2D eigenvalue weighted by atomic mass is 16.1. The van der Waals surface area contributed by atoms with Crippen LogP contribution < -0.4 is 5.32 Å². The Hall–Kier alpha value is -2.95. The van der Waals surface area contributed by atoms with Gasteiger partial charge in [-0.2, -0.15) is 5.10 Å². The fraction of sp³-hybridized carbons (Fsp3) is 0.375. The molecule has 29 heavy (non-hydrogen) atoms. The minimum atomic E-state index is -0.183. The number of fused-ring (bicyclic) bond motifs is 1. The molecule has 3 aromatic rings. The molecule has 2 heterocycles. The molecular formula is C24H28N4O. The van der Waals surface area contributed by atoms with Gasteiger partial charge in [-0.15, -0.1) is 0 Å². The molecule has 1 aliphatic carbocycles. The van der Waals surface area contributed by atoms with Gasteiger partial charge in [0.1, 0.15) is 0 Å². The second-order valence-corrected chi connectivity index (χ2v) is 7.94. The van der Waals surface area contributed by atoms with Crippen molar-refractivity contribution in [1.82, 2.24) is 20.1 Å². The monoisotopic (exact) mass is 388 g/mol. The van der Waals surface area contributed by atoms with Crippen LogP contribution in [0.5, 0.6) is 0 Å². The summed E-state index contributed by atoms with van der Waals surface area (Å²) < 4.78 is 2.02. The SMILES string of the molecule is Cc1ccc(C)c([C@H](NC(=O)CCn2ncc3c2CCCC3)c2ccncc2)c1. The third-order valence-corrected chi connectivity index (χ3v) is 5.79. The molecule has 0 aliphatic heterocycles. The van der Waals surface area contributed by atoms with Gasteiger partial charge in [0.25, 0.3) is 0 Å². The first-order valence-corrected chi connectivity index (χ1v) is 10.4. The first-order chi connectivity index (χ1) is 14.1. The van der Waals surface area contributed by atoms with Gasteiger partial charge in [-0.3, -0.25) is 14.5 Å². The van der Waals surface area contributed by atoms with E-state index in [1.165, 1.54) is 35.2 Å². The highest BCUT2D eigenvalue weighted by Gasteiger charge is 2.20. The van der Waals surface area contributed by atoms with Gasteiger partial charge < -0.3 is 5.32 Å². The number of carbonyl (C=O) groups excluding carboxylic acids is 1. The van der Waals surface area contributed by atoms with E-state index in [4.69, 9.17) is 0 Å². The van der Waals surface area contributed by atoms with E-state index in [2.05, 4.69) is 47.4 Å². The summed E-state index contributed by atoms with van der Waals surface area (Å²) in [5, 5.41) is 7.77.